The first-order valence-electron chi connectivity index (χ1n) is 9.30. The van der Waals surface area contributed by atoms with Crippen molar-refractivity contribution in [2.45, 2.75) is 13.3 Å². The summed E-state index contributed by atoms with van der Waals surface area (Å²) in [6.45, 7) is 2.10. The summed E-state index contributed by atoms with van der Waals surface area (Å²) < 4.78 is 14.1. The molecule has 0 saturated carbocycles. The van der Waals surface area contributed by atoms with E-state index in [9.17, 15) is 9.18 Å². The van der Waals surface area contributed by atoms with E-state index in [-0.39, 0.29) is 10.7 Å². The van der Waals surface area contributed by atoms with Crippen molar-refractivity contribution in [2.24, 2.45) is 0 Å². The third-order valence-electron chi connectivity index (χ3n) is 4.80. The van der Waals surface area contributed by atoms with Crippen molar-refractivity contribution in [1.82, 2.24) is 4.98 Å². The number of halogens is 2. The van der Waals surface area contributed by atoms with Crippen LogP contribution in [0.1, 0.15) is 22.8 Å². The molecule has 3 nitrogen and oxygen atoms in total. The van der Waals surface area contributed by atoms with Crippen LogP contribution in [0.25, 0.3) is 22.2 Å². The number of pyridine rings is 1. The van der Waals surface area contributed by atoms with Gasteiger partial charge in [-0.2, -0.15) is 0 Å². The van der Waals surface area contributed by atoms with E-state index in [1.54, 1.807) is 6.07 Å². The first kappa shape index (κ1) is 19.1. The fourth-order valence-electron chi connectivity index (χ4n) is 3.20. The minimum absolute atomic E-state index is 0.0779. The molecule has 29 heavy (non-hydrogen) atoms. The molecule has 0 aliphatic carbocycles. The van der Waals surface area contributed by atoms with Gasteiger partial charge in [0.1, 0.15) is 5.82 Å². The fraction of sp³-hybridized carbons (Fsp3) is 0.0833. The zero-order valence-electron chi connectivity index (χ0n) is 15.7. The molecule has 144 valence electrons. The molecule has 1 amide bonds. The summed E-state index contributed by atoms with van der Waals surface area (Å²) in [6.07, 6.45) is 0.950. The van der Waals surface area contributed by atoms with Crippen molar-refractivity contribution >= 4 is 34.1 Å². The van der Waals surface area contributed by atoms with E-state index in [1.165, 1.54) is 23.8 Å². The van der Waals surface area contributed by atoms with Gasteiger partial charge in [0, 0.05) is 16.0 Å². The second-order valence-corrected chi connectivity index (χ2v) is 7.14. The van der Waals surface area contributed by atoms with Crippen LogP contribution in [-0.4, -0.2) is 10.9 Å². The number of hydrogen-bond acceptors (Lipinski definition) is 2. The van der Waals surface area contributed by atoms with Crippen LogP contribution in [0.5, 0.6) is 0 Å². The van der Waals surface area contributed by atoms with Crippen molar-refractivity contribution in [3.8, 4) is 11.3 Å². The Bertz CT molecular complexity index is 1210. The highest BCUT2D eigenvalue weighted by Gasteiger charge is 2.16. The van der Waals surface area contributed by atoms with Gasteiger partial charge in [0.25, 0.3) is 5.91 Å². The van der Waals surface area contributed by atoms with Crippen LogP contribution in [0.15, 0.2) is 72.8 Å². The van der Waals surface area contributed by atoms with Gasteiger partial charge in [-0.3, -0.25) is 4.79 Å². The van der Waals surface area contributed by atoms with Gasteiger partial charge in [-0.25, -0.2) is 9.37 Å². The molecular formula is C24H18ClFN2O. The maximum Gasteiger partial charge on any atom is 0.256 e. The molecule has 0 saturated heterocycles. The van der Waals surface area contributed by atoms with E-state index >= 15 is 0 Å². The van der Waals surface area contributed by atoms with Crippen LogP contribution in [0.2, 0.25) is 5.02 Å². The summed E-state index contributed by atoms with van der Waals surface area (Å²) in [7, 11) is 0. The van der Waals surface area contributed by atoms with E-state index in [2.05, 4.69) is 24.4 Å². The molecule has 0 radical (unpaired) electrons. The summed E-state index contributed by atoms with van der Waals surface area (Å²) in [5, 5.41) is 3.62. The average molecular weight is 405 g/mol. The Labute approximate surface area is 173 Å². The Morgan fingerprint density at radius 2 is 1.79 bits per heavy atom. The van der Waals surface area contributed by atoms with E-state index in [0.29, 0.717) is 22.2 Å². The van der Waals surface area contributed by atoms with Crippen molar-refractivity contribution in [3.63, 3.8) is 0 Å². The molecule has 0 unspecified atom stereocenters. The Balaban J connectivity index is 1.78. The Hall–Kier alpha value is -3.24. The lowest BCUT2D eigenvalue weighted by Crippen LogP contribution is -2.14. The summed E-state index contributed by atoms with van der Waals surface area (Å²) in [6, 6.07) is 21.4. The van der Waals surface area contributed by atoms with E-state index in [0.717, 1.165) is 12.0 Å². The van der Waals surface area contributed by atoms with Crippen molar-refractivity contribution in [2.75, 3.05) is 5.32 Å². The topological polar surface area (TPSA) is 42.0 Å². The largest absolute Gasteiger partial charge is 0.319 e. The van der Waals surface area contributed by atoms with Gasteiger partial charge in [0.2, 0.25) is 0 Å². The molecule has 0 aliphatic rings. The normalized spacial score (nSPS) is 10.9. The molecule has 4 rings (SSSR count). The number of para-hydroxylation sites is 1. The number of aromatic nitrogens is 1. The standard InChI is InChI=1S/C24H18ClFN2O/c1-2-15-7-9-16(10-8-15)23-14-19(18-5-3-4-6-21(18)27-23)24(29)28-22-12-11-17(25)13-20(22)26/h3-14H,2H2,1H3,(H,28,29). The summed E-state index contributed by atoms with van der Waals surface area (Å²) >= 11 is 5.80. The number of carbonyl (C=O) groups excluding carboxylic acids is 1. The lowest BCUT2D eigenvalue weighted by atomic mass is 10.0. The maximum atomic E-state index is 14.1. The van der Waals surface area contributed by atoms with Crippen molar-refractivity contribution < 1.29 is 9.18 Å². The third-order valence-corrected chi connectivity index (χ3v) is 5.03. The fourth-order valence-corrected chi connectivity index (χ4v) is 3.36. The third kappa shape index (κ3) is 3.98. The molecule has 0 bridgehead atoms. The first-order valence-corrected chi connectivity index (χ1v) is 9.68. The molecule has 3 aromatic carbocycles. The monoisotopic (exact) mass is 404 g/mol. The van der Waals surface area contributed by atoms with Crippen molar-refractivity contribution in [1.29, 1.82) is 0 Å². The number of carbonyl (C=O) groups is 1. The second-order valence-electron chi connectivity index (χ2n) is 6.70. The first-order chi connectivity index (χ1) is 14.0. The lowest BCUT2D eigenvalue weighted by Gasteiger charge is -2.11. The number of nitrogens with one attached hydrogen (secondary N) is 1. The molecule has 0 spiro atoms. The van der Waals surface area contributed by atoms with Crippen LogP contribution in [0, 0.1) is 5.82 Å². The molecular weight excluding hydrogens is 387 g/mol. The minimum Gasteiger partial charge on any atom is -0.319 e. The summed E-state index contributed by atoms with van der Waals surface area (Å²) in [4.78, 5) is 17.7. The maximum absolute atomic E-state index is 14.1. The number of rotatable bonds is 4. The summed E-state index contributed by atoms with van der Waals surface area (Å²) in [5.74, 6) is -0.990. The highest BCUT2D eigenvalue weighted by molar-refractivity contribution is 6.30. The van der Waals surface area contributed by atoms with Crippen LogP contribution >= 0.6 is 11.6 Å². The summed E-state index contributed by atoms with van der Waals surface area (Å²) in [5.41, 5.74) is 4.04. The van der Waals surface area contributed by atoms with Crippen LogP contribution < -0.4 is 5.32 Å². The number of benzene rings is 3. The number of fused-ring (bicyclic) bond motifs is 1. The Morgan fingerprint density at radius 3 is 2.52 bits per heavy atom. The molecule has 5 heteroatoms. The SMILES string of the molecule is CCc1ccc(-c2cc(C(=O)Nc3ccc(Cl)cc3F)c3ccccc3n2)cc1. The molecule has 1 aromatic heterocycles. The number of aryl methyl sites for hydroxylation is 1. The van der Waals surface area contributed by atoms with Gasteiger partial charge < -0.3 is 5.32 Å². The zero-order chi connectivity index (χ0) is 20.4. The minimum atomic E-state index is -0.584. The molecule has 0 aliphatic heterocycles. The van der Waals surface area contributed by atoms with Crippen LogP contribution in [0.3, 0.4) is 0 Å². The van der Waals surface area contributed by atoms with Crippen LogP contribution in [-0.2, 0) is 6.42 Å². The van der Waals surface area contributed by atoms with Gasteiger partial charge in [0.05, 0.1) is 22.5 Å². The Morgan fingerprint density at radius 1 is 1.03 bits per heavy atom. The molecule has 0 fully saturated rings. The van der Waals surface area contributed by atoms with Gasteiger partial charge >= 0.3 is 0 Å². The van der Waals surface area contributed by atoms with Gasteiger partial charge in [0.15, 0.2) is 0 Å². The van der Waals surface area contributed by atoms with Gasteiger partial charge in [-0.15, -0.1) is 0 Å². The average Bonchev–Trinajstić information content (AvgIpc) is 2.75. The van der Waals surface area contributed by atoms with Gasteiger partial charge in [-0.05, 0) is 42.3 Å². The van der Waals surface area contributed by atoms with Gasteiger partial charge in [-0.1, -0.05) is 61.0 Å². The smallest absolute Gasteiger partial charge is 0.256 e. The predicted molar refractivity (Wildman–Crippen MR) is 116 cm³/mol. The van der Waals surface area contributed by atoms with E-state index in [4.69, 9.17) is 16.6 Å². The molecule has 4 aromatic rings. The predicted octanol–water partition coefficient (Wildman–Crippen LogP) is 6.51. The van der Waals surface area contributed by atoms with E-state index < -0.39 is 11.7 Å². The number of anilines is 1. The number of nitrogens with zero attached hydrogens (tertiary/aromatic N) is 1. The quantitative estimate of drug-likeness (QED) is 0.421. The zero-order valence-corrected chi connectivity index (χ0v) is 16.5. The Kier molecular flexibility index (Phi) is 5.28. The second kappa shape index (κ2) is 8.02. The molecule has 0 atom stereocenters. The highest BCUT2D eigenvalue weighted by atomic mass is 35.5. The lowest BCUT2D eigenvalue weighted by molar-refractivity contribution is 0.102. The van der Waals surface area contributed by atoms with Crippen molar-refractivity contribution in [3.05, 3.63) is 94.8 Å². The molecule has 1 N–H and O–H groups in total. The number of hydrogen-bond donors (Lipinski definition) is 1. The number of amides is 1. The molecule has 1 heterocycles. The highest BCUT2D eigenvalue weighted by Crippen LogP contribution is 2.27. The van der Waals surface area contributed by atoms with Crippen LogP contribution in [0.4, 0.5) is 10.1 Å². The van der Waals surface area contributed by atoms with E-state index in [1.807, 2.05) is 36.4 Å².